The molecule has 2 nitrogen and oxygen atoms in total. The monoisotopic (exact) mass is 247 g/mol. The lowest BCUT2D eigenvalue weighted by atomic mass is 9.68. The maximum Gasteiger partial charge on any atom is 0.123 e. The number of carbonyl (C=O) groups is 1. The zero-order valence-corrected chi connectivity index (χ0v) is 10.3. The van der Waals surface area contributed by atoms with Gasteiger partial charge >= 0.3 is 0 Å². The van der Waals surface area contributed by atoms with Crippen LogP contribution in [0.15, 0.2) is 24.3 Å². The molecule has 0 amide bonds. The Morgan fingerprint density at radius 3 is 2.65 bits per heavy atom. The number of halogens is 1. The second-order valence-electron chi connectivity index (χ2n) is 4.68. The van der Waals surface area contributed by atoms with Crippen molar-refractivity contribution in [1.29, 1.82) is 5.26 Å². The molecule has 0 aromatic heterocycles. The van der Waals surface area contributed by atoms with E-state index < -0.39 is 5.41 Å². The molecule has 0 atom stereocenters. The standard InChI is InChI=1S/C14H14ClNO/c15-13-3-1-2-12(8-13)14(10-16)6-4-11(9-17)5-7-14/h1-3,8-9,11H,4-7H2. The summed E-state index contributed by atoms with van der Waals surface area (Å²) < 4.78 is 0. The van der Waals surface area contributed by atoms with Crippen LogP contribution in [0.4, 0.5) is 0 Å². The van der Waals surface area contributed by atoms with E-state index in [0.29, 0.717) is 5.02 Å². The minimum absolute atomic E-state index is 0.121. The quantitative estimate of drug-likeness (QED) is 0.751. The van der Waals surface area contributed by atoms with E-state index in [-0.39, 0.29) is 5.92 Å². The van der Waals surface area contributed by atoms with E-state index in [0.717, 1.165) is 37.5 Å². The van der Waals surface area contributed by atoms with E-state index in [1.807, 2.05) is 24.3 Å². The van der Waals surface area contributed by atoms with Gasteiger partial charge in [0.2, 0.25) is 0 Å². The molecular formula is C14H14ClNO. The van der Waals surface area contributed by atoms with Gasteiger partial charge in [0.05, 0.1) is 11.5 Å². The highest BCUT2D eigenvalue weighted by atomic mass is 35.5. The lowest BCUT2D eigenvalue weighted by molar-refractivity contribution is -0.112. The Bertz CT molecular complexity index is 456. The van der Waals surface area contributed by atoms with Crippen LogP contribution in [-0.4, -0.2) is 6.29 Å². The number of carbonyl (C=O) groups excluding carboxylic acids is 1. The molecule has 1 aromatic rings. The van der Waals surface area contributed by atoms with Crippen LogP contribution in [0.25, 0.3) is 0 Å². The molecule has 0 saturated heterocycles. The largest absolute Gasteiger partial charge is 0.303 e. The molecule has 0 N–H and O–H groups in total. The van der Waals surface area contributed by atoms with Gasteiger partial charge in [-0.05, 0) is 43.4 Å². The van der Waals surface area contributed by atoms with Gasteiger partial charge in [-0.3, -0.25) is 0 Å². The first-order valence-electron chi connectivity index (χ1n) is 5.83. The van der Waals surface area contributed by atoms with Crippen LogP contribution in [-0.2, 0) is 10.2 Å². The Kier molecular flexibility index (Phi) is 3.49. The number of rotatable bonds is 2. The van der Waals surface area contributed by atoms with Gasteiger partial charge in [0.25, 0.3) is 0 Å². The van der Waals surface area contributed by atoms with Crippen LogP contribution in [0.3, 0.4) is 0 Å². The van der Waals surface area contributed by atoms with E-state index in [1.165, 1.54) is 0 Å². The summed E-state index contributed by atoms with van der Waals surface area (Å²) in [7, 11) is 0. The number of nitriles is 1. The van der Waals surface area contributed by atoms with Gasteiger partial charge in [-0.15, -0.1) is 0 Å². The Hall–Kier alpha value is -1.33. The molecule has 0 spiro atoms. The molecule has 17 heavy (non-hydrogen) atoms. The number of aldehydes is 1. The van der Waals surface area contributed by atoms with E-state index in [4.69, 9.17) is 11.6 Å². The fraction of sp³-hybridized carbons (Fsp3) is 0.429. The zero-order chi connectivity index (χ0) is 12.3. The third-order valence-electron chi connectivity index (χ3n) is 3.67. The summed E-state index contributed by atoms with van der Waals surface area (Å²) >= 11 is 5.97. The van der Waals surface area contributed by atoms with Crippen LogP contribution in [0.5, 0.6) is 0 Å². The predicted molar refractivity (Wildman–Crippen MR) is 66.8 cm³/mol. The average Bonchev–Trinajstić information content (AvgIpc) is 2.39. The van der Waals surface area contributed by atoms with Gasteiger partial charge in [0, 0.05) is 10.9 Å². The molecule has 3 heteroatoms. The first-order valence-corrected chi connectivity index (χ1v) is 6.20. The molecule has 0 aliphatic heterocycles. The van der Waals surface area contributed by atoms with Crippen LogP contribution >= 0.6 is 11.6 Å². The normalized spacial score (nSPS) is 28.4. The van der Waals surface area contributed by atoms with Crippen molar-refractivity contribution in [2.45, 2.75) is 31.1 Å². The van der Waals surface area contributed by atoms with Crippen molar-refractivity contribution >= 4 is 17.9 Å². The van der Waals surface area contributed by atoms with Gasteiger partial charge in [-0.25, -0.2) is 0 Å². The van der Waals surface area contributed by atoms with Crippen molar-refractivity contribution in [3.8, 4) is 6.07 Å². The third kappa shape index (κ3) is 2.35. The van der Waals surface area contributed by atoms with Crippen molar-refractivity contribution in [3.05, 3.63) is 34.9 Å². The predicted octanol–water partition coefficient (Wildman–Crippen LogP) is 3.49. The van der Waals surface area contributed by atoms with Crippen molar-refractivity contribution < 1.29 is 4.79 Å². The Morgan fingerprint density at radius 2 is 2.12 bits per heavy atom. The van der Waals surface area contributed by atoms with Crippen molar-refractivity contribution in [3.63, 3.8) is 0 Å². The molecule has 1 aromatic carbocycles. The lowest BCUT2D eigenvalue weighted by Crippen LogP contribution is -2.30. The van der Waals surface area contributed by atoms with Crippen LogP contribution in [0.2, 0.25) is 5.02 Å². The minimum Gasteiger partial charge on any atom is -0.303 e. The smallest absolute Gasteiger partial charge is 0.123 e. The van der Waals surface area contributed by atoms with Gasteiger partial charge in [0.1, 0.15) is 6.29 Å². The molecule has 2 rings (SSSR count). The highest BCUT2D eigenvalue weighted by molar-refractivity contribution is 6.30. The number of hydrogen-bond donors (Lipinski definition) is 0. The van der Waals surface area contributed by atoms with Crippen molar-refractivity contribution in [2.24, 2.45) is 5.92 Å². The number of nitrogens with zero attached hydrogens (tertiary/aromatic N) is 1. The molecule has 0 bridgehead atoms. The highest BCUT2D eigenvalue weighted by Gasteiger charge is 2.37. The molecule has 1 fully saturated rings. The number of hydrogen-bond acceptors (Lipinski definition) is 2. The van der Waals surface area contributed by atoms with E-state index in [9.17, 15) is 10.1 Å². The molecule has 0 unspecified atom stereocenters. The van der Waals surface area contributed by atoms with Crippen LogP contribution < -0.4 is 0 Å². The topological polar surface area (TPSA) is 40.9 Å². The molecule has 0 radical (unpaired) electrons. The van der Waals surface area contributed by atoms with E-state index in [1.54, 1.807) is 0 Å². The third-order valence-corrected chi connectivity index (χ3v) is 3.90. The van der Waals surface area contributed by atoms with Crippen molar-refractivity contribution in [2.75, 3.05) is 0 Å². The first kappa shape index (κ1) is 12.1. The first-order chi connectivity index (χ1) is 8.20. The molecule has 1 aliphatic rings. The SMILES string of the molecule is N#CC1(c2cccc(Cl)c2)CCC(C=O)CC1. The summed E-state index contributed by atoms with van der Waals surface area (Å²) in [6.45, 7) is 0. The second-order valence-corrected chi connectivity index (χ2v) is 5.11. The molecule has 88 valence electrons. The van der Waals surface area contributed by atoms with Crippen LogP contribution in [0, 0.1) is 17.2 Å². The summed E-state index contributed by atoms with van der Waals surface area (Å²) in [6.07, 6.45) is 4.09. The van der Waals surface area contributed by atoms with E-state index in [2.05, 4.69) is 6.07 Å². The van der Waals surface area contributed by atoms with Gasteiger partial charge in [0.15, 0.2) is 0 Å². The average molecular weight is 248 g/mol. The Morgan fingerprint density at radius 1 is 1.41 bits per heavy atom. The summed E-state index contributed by atoms with van der Waals surface area (Å²) in [5, 5.41) is 10.1. The maximum absolute atomic E-state index is 10.7. The minimum atomic E-state index is -0.454. The van der Waals surface area contributed by atoms with Gasteiger partial charge in [-0.1, -0.05) is 23.7 Å². The zero-order valence-electron chi connectivity index (χ0n) is 9.53. The van der Waals surface area contributed by atoms with Crippen molar-refractivity contribution in [1.82, 2.24) is 0 Å². The summed E-state index contributed by atoms with van der Waals surface area (Å²) in [4.78, 5) is 10.7. The summed E-state index contributed by atoms with van der Waals surface area (Å²) in [6, 6.07) is 9.94. The van der Waals surface area contributed by atoms with Gasteiger partial charge in [-0.2, -0.15) is 5.26 Å². The van der Waals surface area contributed by atoms with E-state index >= 15 is 0 Å². The molecular weight excluding hydrogens is 234 g/mol. The fourth-order valence-corrected chi connectivity index (χ4v) is 2.71. The second kappa shape index (κ2) is 4.89. The maximum atomic E-state index is 10.7. The summed E-state index contributed by atoms with van der Waals surface area (Å²) in [5.74, 6) is 0.121. The number of benzene rings is 1. The van der Waals surface area contributed by atoms with Gasteiger partial charge < -0.3 is 4.79 Å². The fourth-order valence-electron chi connectivity index (χ4n) is 2.52. The molecule has 1 saturated carbocycles. The molecule has 1 aliphatic carbocycles. The Balaban J connectivity index is 2.28. The Labute approximate surface area is 106 Å². The van der Waals surface area contributed by atoms with Crippen LogP contribution in [0.1, 0.15) is 31.2 Å². The molecule has 0 heterocycles. The summed E-state index contributed by atoms with van der Waals surface area (Å²) in [5.41, 5.74) is 0.529. The highest BCUT2D eigenvalue weighted by Crippen LogP contribution is 2.41. The lowest BCUT2D eigenvalue weighted by Gasteiger charge is -2.33.